The lowest BCUT2D eigenvalue weighted by Gasteiger charge is -2.34. The standard InChI is InChI=1S/C16H24N6O2/c1-4-21(5-2)16(23)22-9-6-12(7-10-22)15-18-13(19-24-15)14-17-8-11-20(14)3/h8,11-12H,4-7,9-10H2,1-3H3. The molecule has 1 saturated heterocycles. The Balaban J connectivity index is 1.62. The highest BCUT2D eigenvalue weighted by Gasteiger charge is 2.29. The molecule has 2 aromatic rings. The number of imidazole rings is 1. The summed E-state index contributed by atoms with van der Waals surface area (Å²) in [5.74, 6) is 2.05. The second-order valence-corrected chi connectivity index (χ2v) is 6.03. The zero-order valence-electron chi connectivity index (χ0n) is 14.5. The number of piperidine rings is 1. The maximum absolute atomic E-state index is 12.4. The Morgan fingerprint density at radius 2 is 2.04 bits per heavy atom. The lowest BCUT2D eigenvalue weighted by atomic mass is 9.97. The van der Waals surface area contributed by atoms with Crippen LogP contribution in [0.3, 0.4) is 0 Å². The molecule has 0 aromatic carbocycles. The molecule has 130 valence electrons. The molecule has 0 atom stereocenters. The third-order valence-corrected chi connectivity index (χ3v) is 4.61. The van der Waals surface area contributed by atoms with Gasteiger partial charge in [-0.1, -0.05) is 5.16 Å². The zero-order valence-corrected chi connectivity index (χ0v) is 14.5. The molecular weight excluding hydrogens is 308 g/mol. The lowest BCUT2D eigenvalue weighted by molar-refractivity contribution is 0.140. The number of aromatic nitrogens is 4. The maximum atomic E-state index is 12.4. The molecule has 8 nitrogen and oxygen atoms in total. The highest BCUT2D eigenvalue weighted by Crippen LogP contribution is 2.28. The second-order valence-electron chi connectivity index (χ2n) is 6.03. The van der Waals surface area contributed by atoms with Crippen molar-refractivity contribution in [3.8, 4) is 11.6 Å². The van der Waals surface area contributed by atoms with Gasteiger partial charge in [-0.3, -0.25) is 0 Å². The van der Waals surface area contributed by atoms with Gasteiger partial charge in [-0.05, 0) is 26.7 Å². The quantitative estimate of drug-likeness (QED) is 0.856. The Bertz CT molecular complexity index is 682. The van der Waals surface area contributed by atoms with Crippen LogP contribution in [0.4, 0.5) is 4.79 Å². The van der Waals surface area contributed by atoms with Crippen LogP contribution in [0.25, 0.3) is 11.6 Å². The zero-order chi connectivity index (χ0) is 17.1. The first-order valence-electron chi connectivity index (χ1n) is 8.49. The highest BCUT2D eigenvalue weighted by atomic mass is 16.5. The summed E-state index contributed by atoms with van der Waals surface area (Å²) in [6, 6.07) is 0.123. The van der Waals surface area contributed by atoms with Crippen LogP contribution in [0.5, 0.6) is 0 Å². The second kappa shape index (κ2) is 7.02. The predicted molar refractivity (Wildman–Crippen MR) is 88.4 cm³/mol. The molecule has 1 aliphatic rings. The Morgan fingerprint density at radius 1 is 1.33 bits per heavy atom. The van der Waals surface area contributed by atoms with E-state index in [9.17, 15) is 4.79 Å². The van der Waals surface area contributed by atoms with E-state index >= 15 is 0 Å². The summed E-state index contributed by atoms with van der Waals surface area (Å²) in [5.41, 5.74) is 0. The van der Waals surface area contributed by atoms with E-state index in [1.165, 1.54) is 0 Å². The van der Waals surface area contributed by atoms with Crippen molar-refractivity contribution in [2.75, 3.05) is 26.2 Å². The first kappa shape index (κ1) is 16.5. The molecule has 3 heterocycles. The number of amides is 2. The van der Waals surface area contributed by atoms with E-state index in [4.69, 9.17) is 4.52 Å². The smallest absolute Gasteiger partial charge is 0.319 e. The SMILES string of the molecule is CCN(CC)C(=O)N1CCC(c2nc(-c3nccn3C)no2)CC1. The van der Waals surface area contributed by atoms with Crippen LogP contribution in [0.2, 0.25) is 0 Å². The number of aryl methyl sites for hydroxylation is 1. The molecule has 0 spiro atoms. The van der Waals surface area contributed by atoms with Gasteiger partial charge in [0.1, 0.15) is 0 Å². The molecule has 1 fully saturated rings. The first-order chi connectivity index (χ1) is 11.6. The highest BCUT2D eigenvalue weighted by molar-refractivity contribution is 5.74. The fourth-order valence-electron chi connectivity index (χ4n) is 3.08. The van der Waals surface area contributed by atoms with Gasteiger partial charge in [0.25, 0.3) is 0 Å². The third kappa shape index (κ3) is 3.13. The van der Waals surface area contributed by atoms with Crippen molar-refractivity contribution in [3.05, 3.63) is 18.3 Å². The number of urea groups is 1. The summed E-state index contributed by atoms with van der Waals surface area (Å²) in [4.78, 5) is 24.9. The molecule has 8 heteroatoms. The number of carbonyl (C=O) groups excluding carboxylic acids is 1. The van der Waals surface area contributed by atoms with Gasteiger partial charge in [0.05, 0.1) is 0 Å². The fraction of sp³-hybridized carbons (Fsp3) is 0.625. The molecule has 1 aliphatic heterocycles. The van der Waals surface area contributed by atoms with Gasteiger partial charge in [0.2, 0.25) is 11.7 Å². The van der Waals surface area contributed by atoms with E-state index < -0.39 is 0 Å². The first-order valence-corrected chi connectivity index (χ1v) is 8.49. The topological polar surface area (TPSA) is 80.3 Å². The van der Waals surface area contributed by atoms with E-state index in [0.29, 0.717) is 17.5 Å². The van der Waals surface area contributed by atoms with E-state index in [1.807, 2.05) is 41.5 Å². The van der Waals surface area contributed by atoms with Gasteiger partial charge in [-0.15, -0.1) is 0 Å². The monoisotopic (exact) mass is 332 g/mol. The molecule has 0 bridgehead atoms. The number of rotatable bonds is 4. The summed E-state index contributed by atoms with van der Waals surface area (Å²) in [5, 5.41) is 4.05. The number of likely N-dealkylation sites (tertiary alicyclic amines) is 1. The van der Waals surface area contributed by atoms with Crippen molar-refractivity contribution < 1.29 is 9.32 Å². The molecule has 24 heavy (non-hydrogen) atoms. The van der Waals surface area contributed by atoms with Crippen molar-refractivity contribution in [1.29, 1.82) is 0 Å². The van der Waals surface area contributed by atoms with Gasteiger partial charge in [0.15, 0.2) is 5.82 Å². The largest absolute Gasteiger partial charge is 0.339 e. The predicted octanol–water partition coefficient (Wildman–Crippen LogP) is 2.11. The molecule has 0 radical (unpaired) electrons. The van der Waals surface area contributed by atoms with Crippen LogP contribution in [0, 0.1) is 0 Å². The van der Waals surface area contributed by atoms with Gasteiger partial charge >= 0.3 is 6.03 Å². The number of nitrogens with zero attached hydrogens (tertiary/aromatic N) is 6. The van der Waals surface area contributed by atoms with Gasteiger partial charge < -0.3 is 18.9 Å². The van der Waals surface area contributed by atoms with E-state index in [-0.39, 0.29) is 11.9 Å². The van der Waals surface area contributed by atoms with Gasteiger partial charge in [-0.2, -0.15) is 4.98 Å². The molecule has 0 unspecified atom stereocenters. The minimum atomic E-state index is 0.123. The average Bonchev–Trinajstić information content (AvgIpc) is 3.24. The minimum Gasteiger partial charge on any atom is -0.339 e. The molecule has 0 N–H and O–H groups in total. The summed E-state index contributed by atoms with van der Waals surface area (Å²) in [6.45, 7) is 6.94. The Labute approximate surface area is 141 Å². The maximum Gasteiger partial charge on any atom is 0.319 e. The number of hydrogen-bond acceptors (Lipinski definition) is 5. The molecule has 0 saturated carbocycles. The van der Waals surface area contributed by atoms with Gasteiger partial charge in [0, 0.05) is 51.5 Å². The van der Waals surface area contributed by atoms with Crippen LogP contribution in [-0.4, -0.2) is 61.7 Å². The van der Waals surface area contributed by atoms with Crippen molar-refractivity contribution in [2.24, 2.45) is 7.05 Å². The number of carbonyl (C=O) groups is 1. The third-order valence-electron chi connectivity index (χ3n) is 4.61. The van der Waals surface area contributed by atoms with Crippen molar-refractivity contribution in [2.45, 2.75) is 32.6 Å². The summed E-state index contributed by atoms with van der Waals surface area (Å²) in [7, 11) is 1.90. The Hall–Kier alpha value is -2.38. The molecular formula is C16H24N6O2. The molecule has 2 aromatic heterocycles. The van der Waals surface area contributed by atoms with E-state index in [2.05, 4.69) is 15.1 Å². The minimum absolute atomic E-state index is 0.123. The Kier molecular flexibility index (Phi) is 4.82. The normalized spacial score (nSPS) is 15.7. The van der Waals surface area contributed by atoms with Crippen LogP contribution in [0.15, 0.2) is 16.9 Å². The van der Waals surface area contributed by atoms with Crippen LogP contribution >= 0.6 is 0 Å². The Morgan fingerprint density at radius 3 is 2.62 bits per heavy atom. The summed E-state index contributed by atoms with van der Waals surface area (Å²) in [6.07, 6.45) is 5.25. The molecule has 2 amide bonds. The van der Waals surface area contributed by atoms with E-state index in [0.717, 1.165) is 39.0 Å². The van der Waals surface area contributed by atoms with Crippen LogP contribution in [0.1, 0.15) is 38.5 Å². The van der Waals surface area contributed by atoms with Crippen LogP contribution in [-0.2, 0) is 7.05 Å². The summed E-state index contributed by atoms with van der Waals surface area (Å²) < 4.78 is 7.30. The van der Waals surface area contributed by atoms with Crippen molar-refractivity contribution in [1.82, 2.24) is 29.5 Å². The van der Waals surface area contributed by atoms with E-state index in [1.54, 1.807) is 6.20 Å². The number of hydrogen-bond donors (Lipinski definition) is 0. The summed E-state index contributed by atoms with van der Waals surface area (Å²) >= 11 is 0. The molecule has 3 rings (SSSR count). The van der Waals surface area contributed by atoms with Crippen LogP contribution < -0.4 is 0 Å². The molecule has 0 aliphatic carbocycles. The lowest BCUT2D eigenvalue weighted by Crippen LogP contribution is -2.46. The average molecular weight is 332 g/mol. The van der Waals surface area contributed by atoms with Crippen molar-refractivity contribution >= 4 is 6.03 Å². The fourth-order valence-corrected chi connectivity index (χ4v) is 3.08. The van der Waals surface area contributed by atoms with Gasteiger partial charge in [-0.25, -0.2) is 9.78 Å². The van der Waals surface area contributed by atoms with Crippen molar-refractivity contribution in [3.63, 3.8) is 0 Å².